The fourth-order valence-corrected chi connectivity index (χ4v) is 4.60. The maximum atomic E-state index is 13.4. The number of hydrogen-bond donors (Lipinski definition) is 4. The molecule has 0 saturated carbocycles. The van der Waals surface area contributed by atoms with Crippen LogP contribution in [0.5, 0.6) is 11.5 Å². The van der Waals surface area contributed by atoms with E-state index in [1.165, 1.54) is 23.7 Å². The van der Waals surface area contributed by atoms with Crippen molar-refractivity contribution in [2.24, 2.45) is 0 Å². The van der Waals surface area contributed by atoms with Gasteiger partial charge < -0.3 is 15.4 Å². The Kier molecular flexibility index (Phi) is 5.02. The summed E-state index contributed by atoms with van der Waals surface area (Å²) in [6.45, 7) is -1.01. The molecule has 0 spiro atoms. The average molecular weight is 391 g/mol. The second-order valence-corrected chi connectivity index (χ2v) is 8.06. The Morgan fingerprint density at radius 1 is 1.04 bits per heavy atom. The first-order valence-corrected chi connectivity index (χ1v) is 9.42. The van der Waals surface area contributed by atoms with Crippen LogP contribution in [0.25, 0.3) is 0 Å². The third-order valence-electron chi connectivity index (χ3n) is 4.21. The number of rotatable bonds is 5. The molecule has 0 unspecified atom stereocenters. The number of benzene rings is 2. The lowest BCUT2D eigenvalue weighted by atomic mass is 10.1. The molecule has 0 aromatic heterocycles. The molecule has 3 amide bonds. The highest BCUT2D eigenvalue weighted by molar-refractivity contribution is 7.93. The molecule has 3 rings (SSSR count). The maximum absolute atomic E-state index is 13.4. The van der Waals surface area contributed by atoms with E-state index >= 15 is 0 Å². The zero-order chi connectivity index (χ0) is 19.5. The Morgan fingerprint density at radius 3 is 2.26 bits per heavy atom. The molecule has 1 aliphatic rings. The molecule has 1 saturated heterocycles. The lowest BCUT2D eigenvalue weighted by molar-refractivity contribution is -0.131. The van der Waals surface area contributed by atoms with Gasteiger partial charge in [0.05, 0.1) is 13.1 Å². The molecule has 9 nitrogen and oxygen atoms in total. The van der Waals surface area contributed by atoms with E-state index in [1.807, 2.05) is 0 Å². The summed E-state index contributed by atoms with van der Waals surface area (Å²) in [7, 11) is -4.38. The van der Waals surface area contributed by atoms with Crippen molar-refractivity contribution >= 4 is 21.8 Å². The van der Waals surface area contributed by atoms with Gasteiger partial charge in [-0.1, -0.05) is 30.3 Å². The van der Waals surface area contributed by atoms with Crippen LogP contribution >= 0.6 is 0 Å². The molecule has 1 aliphatic heterocycles. The van der Waals surface area contributed by atoms with E-state index in [0.29, 0.717) is 5.75 Å². The van der Waals surface area contributed by atoms with Gasteiger partial charge in [-0.05, 0) is 24.3 Å². The fraction of sp³-hybridized carbons (Fsp3) is 0.176. The number of hydroxylamine groups is 1. The quantitative estimate of drug-likeness (QED) is 0.440. The van der Waals surface area contributed by atoms with Crippen molar-refractivity contribution in [2.75, 3.05) is 13.1 Å². The molecule has 2 aromatic rings. The van der Waals surface area contributed by atoms with E-state index in [9.17, 15) is 18.0 Å². The van der Waals surface area contributed by atoms with Gasteiger partial charge in [-0.3, -0.25) is 10.0 Å². The molecule has 2 aromatic carbocycles. The molecule has 0 aliphatic carbocycles. The third kappa shape index (κ3) is 3.32. The number of hydrogen-bond acceptors (Lipinski definition) is 6. The van der Waals surface area contributed by atoms with Crippen LogP contribution in [0, 0.1) is 0 Å². The molecule has 0 bridgehead atoms. The zero-order valence-corrected chi connectivity index (χ0v) is 14.8. The van der Waals surface area contributed by atoms with Gasteiger partial charge in [0.15, 0.2) is 14.6 Å². The highest BCUT2D eigenvalue weighted by Crippen LogP contribution is 2.35. The molecule has 27 heavy (non-hydrogen) atoms. The number of urea groups is 1. The SMILES string of the molecule is O=C1NCC(C(=O)NO)(S(=O)(=O)c2ccccc2Oc2ccccc2)CN1. The van der Waals surface area contributed by atoms with E-state index in [-0.39, 0.29) is 10.6 Å². The molecule has 0 radical (unpaired) electrons. The number of amides is 3. The molecule has 10 heteroatoms. The zero-order valence-electron chi connectivity index (χ0n) is 14.0. The van der Waals surface area contributed by atoms with Crippen LogP contribution < -0.4 is 20.9 Å². The van der Waals surface area contributed by atoms with Crippen LogP contribution in [0.4, 0.5) is 4.79 Å². The van der Waals surface area contributed by atoms with E-state index < -0.39 is 39.6 Å². The smallest absolute Gasteiger partial charge is 0.314 e. The number of para-hydroxylation sites is 2. The van der Waals surface area contributed by atoms with E-state index in [0.717, 1.165) is 0 Å². The number of ether oxygens (including phenoxy) is 1. The predicted molar refractivity (Wildman–Crippen MR) is 94.2 cm³/mol. The van der Waals surface area contributed by atoms with E-state index in [1.54, 1.807) is 36.4 Å². The van der Waals surface area contributed by atoms with Crippen molar-refractivity contribution in [3.05, 3.63) is 54.6 Å². The second kappa shape index (κ2) is 7.25. The van der Waals surface area contributed by atoms with Crippen LogP contribution in [0.1, 0.15) is 0 Å². The molecular formula is C17H17N3O6S. The molecule has 0 atom stereocenters. The van der Waals surface area contributed by atoms with Gasteiger partial charge >= 0.3 is 6.03 Å². The summed E-state index contributed by atoms with van der Waals surface area (Å²) < 4.78 is 30.3. The molecular weight excluding hydrogens is 374 g/mol. The fourth-order valence-electron chi connectivity index (χ4n) is 2.73. The third-order valence-corrected chi connectivity index (χ3v) is 6.63. The number of sulfone groups is 1. The first kappa shape index (κ1) is 18.7. The lowest BCUT2D eigenvalue weighted by Crippen LogP contribution is -2.68. The minimum absolute atomic E-state index is 0.0192. The van der Waals surface area contributed by atoms with Crippen molar-refractivity contribution in [2.45, 2.75) is 9.64 Å². The Morgan fingerprint density at radius 2 is 1.63 bits per heavy atom. The minimum Gasteiger partial charge on any atom is -0.456 e. The minimum atomic E-state index is -4.38. The van der Waals surface area contributed by atoms with Gasteiger partial charge in [-0.25, -0.2) is 18.7 Å². The standard InChI is InChI=1S/C17H17N3O6S/c21-15(20-23)17(10-18-16(22)19-11-17)27(24,25)14-9-5-4-8-13(14)26-12-6-2-1-3-7-12/h1-9,23H,10-11H2,(H,20,21)(H2,18,19,22). The van der Waals surface area contributed by atoms with Gasteiger partial charge in [0.1, 0.15) is 16.4 Å². The van der Waals surface area contributed by atoms with Gasteiger partial charge in [-0.2, -0.15) is 0 Å². The highest BCUT2D eigenvalue weighted by atomic mass is 32.2. The molecule has 1 heterocycles. The Labute approximate surface area is 155 Å². The summed E-state index contributed by atoms with van der Waals surface area (Å²) in [6.07, 6.45) is 0. The first-order valence-electron chi connectivity index (χ1n) is 7.93. The van der Waals surface area contributed by atoms with Gasteiger partial charge in [0, 0.05) is 0 Å². The van der Waals surface area contributed by atoms with Crippen molar-refractivity contribution in [1.82, 2.24) is 16.1 Å². The monoisotopic (exact) mass is 391 g/mol. The first-order chi connectivity index (χ1) is 12.9. The van der Waals surface area contributed by atoms with E-state index in [4.69, 9.17) is 9.94 Å². The summed E-state index contributed by atoms with van der Waals surface area (Å²) in [5, 5.41) is 13.7. The summed E-state index contributed by atoms with van der Waals surface area (Å²) in [6, 6.07) is 13.8. The van der Waals surface area contributed by atoms with Crippen LogP contribution in [0.2, 0.25) is 0 Å². The maximum Gasteiger partial charge on any atom is 0.314 e. The largest absolute Gasteiger partial charge is 0.456 e. The summed E-state index contributed by atoms with van der Waals surface area (Å²) >= 11 is 0. The molecule has 142 valence electrons. The predicted octanol–water partition coefficient (Wildman–Crippen LogP) is 0.810. The lowest BCUT2D eigenvalue weighted by Gasteiger charge is -2.35. The van der Waals surface area contributed by atoms with Crippen molar-refractivity contribution in [1.29, 1.82) is 0 Å². The van der Waals surface area contributed by atoms with Crippen LogP contribution in [-0.2, 0) is 14.6 Å². The highest BCUT2D eigenvalue weighted by Gasteiger charge is 2.54. The molecule has 1 fully saturated rings. The summed E-state index contributed by atoms with van der Waals surface area (Å²) in [5.41, 5.74) is 1.39. The van der Waals surface area contributed by atoms with Gasteiger partial charge in [-0.15, -0.1) is 0 Å². The van der Waals surface area contributed by atoms with Crippen molar-refractivity contribution in [3.8, 4) is 11.5 Å². The van der Waals surface area contributed by atoms with Crippen molar-refractivity contribution < 1.29 is 28.0 Å². The number of nitrogens with one attached hydrogen (secondary N) is 3. The van der Waals surface area contributed by atoms with Gasteiger partial charge in [0.25, 0.3) is 5.91 Å². The van der Waals surface area contributed by atoms with Gasteiger partial charge in [0.2, 0.25) is 0 Å². The van der Waals surface area contributed by atoms with Crippen molar-refractivity contribution in [3.63, 3.8) is 0 Å². The van der Waals surface area contributed by atoms with E-state index in [2.05, 4.69) is 10.6 Å². The normalized spacial score (nSPS) is 16.0. The molecule has 4 N–H and O–H groups in total. The Balaban J connectivity index is 2.08. The van der Waals surface area contributed by atoms with Crippen LogP contribution in [-0.4, -0.2) is 43.4 Å². The van der Waals surface area contributed by atoms with Crippen LogP contribution in [0.3, 0.4) is 0 Å². The topological polar surface area (TPSA) is 134 Å². The summed E-state index contributed by atoms with van der Waals surface area (Å²) in [4.78, 5) is 23.5. The van der Waals surface area contributed by atoms with Crippen LogP contribution in [0.15, 0.2) is 59.5 Å². The number of carbonyl (C=O) groups is 2. The second-order valence-electron chi connectivity index (χ2n) is 5.84. The Hall–Kier alpha value is -3.11. The number of carbonyl (C=O) groups excluding carboxylic acids is 2. The summed E-state index contributed by atoms with van der Waals surface area (Å²) in [5.74, 6) is -0.730. The average Bonchev–Trinajstić information content (AvgIpc) is 2.69. The Bertz CT molecular complexity index is 952.